The lowest BCUT2D eigenvalue weighted by Gasteiger charge is -2.09. The van der Waals surface area contributed by atoms with E-state index in [1.54, 1.807) is 0 Å². The molecule has 0 bridgehead atoms. The summed E-state index contributed by atoms with van der Waals surface area (Å²) in [4.78, 5) is 10.1. The highest BCUT2D eigenvalue weighted by molar-refractivity contribution is 7.89. The topological polar surface area (TPSA) is 104 Å². The normalized spacial score (nSPS) is 13.2. The number of carbonyl (C=O) groups is 1. The van der Waals surface area contributed by atoms with Crippen molar-refractivity contribution in [3.63, 3.8) is 0 Å². The molecule has 0 saturated heterocycles. The third-order valence-corrected chi connectivity index (χ3v) is 3.91. The van der Waals surface area contributed by atoms with E-state index in [-0.39, 0.29) is 17.9 Å². The highest BCUT2D eigenvalue weighted by Crippen LogP contribution is 2.13. The van der Waals surface area contributed by atoms with Gasteiger partial charge in [0.25, 0.3) is 0 Å². The van der Waals surface area contributed by atoms with Gasteiger partial charge in [0.2, 0.25) is 10.0 Å². The zero-order valence-corrected chi connectivity index (χ0v) is 10.9. The first-order valence-electron chi connectivity index (χ1n) is 5.41. The van der Waals surface area contributed by atoms with Crippen molar-refractivity contribution < 1.29 is 27.8 Å². The Morgan fingerprint density at radius 1 is 1.47 bits per heavy atom. The number of hydrogen-bond acceptors (Lipinski definition) is 4. The van der Waals surface area contributed by atoms with Crippen molar-refractivity contribution >= 4 is 16.0 Å². The highest BCUT2D eigenvalue weighted by atomic mass is 32.2. The number of aryl methyl sites for hydroxylation is 1. The highest BCUT2D eigenvalue weighted by Gasteiger charge is 2.17. The van der Waals surface area contributed by atoms with Crippen LogP contribution in [0.5, 0.6) is 0 Å². The standard InChI is InChI=1S/C11H14FNO5S/c1-7-2-3-8(6-9(7)12)19(17,18)13-5-4-10(14)11(15)16/h2-3,6,10,13-14H,4-5H2,1H3,(H,15,16). The third-order valence-electron chi connectivity index (χ3n) is 2.45. The van der Waals surface area contributed by atoms with Gasteiger partial charge in [-0.3, -0.25) is 0 Å². The predicted molar refractivity (Wildman–Crippen MR) is 64.6 cm³/mol. The Morgan fingerprint density at radius 3 is 2.63 bits per heavy atom. The molecule has 0 saturated carbocycles. The zero-order chi connectivity index (χ0) is 14.6. The van der Waals surface area contributed by atoms with Gasteiger partial charge >= 0.3 is 5.97 Å². The molecule has 1 rings (SSSR count). The minimum absolute atomic E-state index is 0.250. The predicted octanol–water partition coefficient (Wildman–Crippen LogP) is 0.248. The Hall–Kier alpha value is -1.51. The first kappa shape index (κ1) is 15.5. The summed E-state index contributed by atoms with van der Waals surface area (Å²) in [5.41, 5.74) is 0.320. The lowest BCUT2D eigenvalue weighted by atomic mass is 10.2. The van der Waals surface area contributed by atoms with E-state index in [9.17, 15) is 17.6 Å². The first-order valence-corrected chi connectivity index (χ1v) is 6.89. The smallest absolute Gasteiger partial charge is 0.332 e. The number of benzene rings is 1. The van der Waals surface area contributed by atoms with E-state index < -0.39 is 27.9 Å². The van der Waals surface area contributed by atoms with E-state index >= 15 is 0 Å². The van der Waals surface area contributed by atoms with Crippen LogP contribution in [-0.2, 0) is 14.8 Å². The van der Waals surface area contributed by atoms with Crippen LogP contribution in [0.25, 0.3) is 0 Å². The summed E-state index contributed by atoms with van der Waals surface area (Å²) in [5.74, 6) is -2.07. The number of hydrogen-bond donors (Lipinski definition) is 3. The summed E-state index contributed by atoms with van der Waals surface area (Å²) in [5, 5.41) is 17.4. The maximum absolute atomic E-state index is 13.3. The van der Waals surface area contributed by atoms with Crippen LogP contribution in [0.2, 0.25) is 0 Å². The SMILES string of the molecule is Cc1ccc(S(=O)(=O)NCCC(O)C(=O)O)cc1F. The Labute approximate surface area is 109 Å². The molecule has 1 aromatic rings. The number of halogens is 1. The summed E-state index contributed by atoms with van der Waals surface area (Å²) < 4.78 is 38.8. The van der Waals surface area contributed by atoms with Gasteiger partial charge < -0.3 is 10.2 Å². The second-order valence-corrected chi connectivity index (χ2v) is 5.72. The Balaban J connectivity index is 2.71. The number of aliphatic hydroxyl groups excluding tert-OH is 1. The van der Waals surface area contributed by atoms with Crippen molar-refractivity contribution in [2.45, 2.75) is 24.3 Å². The van der Waals surface area contributed by atoms with Gasteiger partial charge in [0.05, 0.1) is 4.90 Å². The van der Waals surface area contributed by atoms with Gasteiger partial charge in [-0.1, -0.05) is 6.07 Å². The van der Waals surface area contributed by atoms with Crippen molar-refractivity contribution in [2.75, 3.05) is 6.54 Å². The van der Waals surface area contributed by atoms with Crippen molar-refractivity contribution in [1.82, 2.24) is 4.72 Å². The third kappa shape index (κ3) is 4.27. The molecule has 0 aliphatic heterocycles. The van der Waals surface area contributed by atoms with E-state index in [1.165, 1.54) is 19.1 Å². The van der Waals surface area contributed by atoms with Gasteiger partial charge in [-0.15, -0.1) is 0 Å². The van der Waals surface area contributed by atoms with Crippen LogP contribution in [0.3, 0.4) is 0 Å². The quantitative estimate of drug-likeness (QED) is 0.697. The largest absolute Gasteiger partial charge is 0.479 e. The van der Waals surface area contributed by atoms with Crippen molar-refractivity contribution in [2.24, 2.45) is 0 Å². The number of carboxylic acids is 1. The van der Waals surface area contributed by atoms with E-state index in [1.807, 2.05) is 0 Å². The summed E-state index contributed by atoms with van der Waals surface area (Å²) >= 11 is 0. The monoisotopic (exact) mass is 291 g/mol. The van der Waals surface area contributed by atoms with Gasteiger partial charge in [0.1, 0.15) is 5.82 Å². The molecule has 1 aromatic carbocycles. The van der Waals surface area contributed by atoms with E-state index in [0.29, 0.717) is 5.56 Å². The Bertz CT molecular complexity index is 572. The fraction of sp³-hybridized carbons (Fsp3) is 0.364. The number of aliphatic carboxylic acids is 1. The molecule has 3 N–H and O–H groups in total. The fourth-order valence-electron chi connectivity index (χ4n) is 1.28. The molecule has 0 heterocycles. The molecule has 1 atom stereocenters. The molecular weight excluding hydrogens is 277 g/mol. The van der Waals surface area contributed by atoms with Crippen LogP contribution < -0.4 is 4.72 Å². The van der Waals surface area contributed by atoms with Crippen LogP contribution in [0, 0.1) is 12.7 Å². The second-order valence-electron chi connectivity index (χ2n) is 3.95. The molecule has 0 fully saturated rings. The molecule has 19 heavy (non-hydrogen) atoms. The molecule has 0 radical (unpaired) electrons. The summed E-state index contributed by atoms with van der Waals surface area (Å²) in [6.07, 6.45) is -1.92. The molecule has 106 valence electrons. The summed E-state index contributed by atoms with van der Waals surface area (Å²) in [6.45, 7) is 1.24. The number of carboxylic acid groups (broad SMARTS) is 1. The Morgan fingerprint density at radius 2 is 2.11 bits per heavy atom. The van der Waals surface area contributed by atoms with Crippen LogP contribution >= 0.6 is 0 Å². The van der Waals surface area contributed by atoms with Gasteiger partial charge in [-0.25, -0.2) is 22.3 Å². The molecule has 0 aliphatic rings. The van der Waals surface area contributed by atoms with E-state index in [0.717, 1.165) is 6.07 Å². The molecule has 0 aromatic heterocycles. The lowest BCUT2D eigenvalue weighted by Crippen LogP contribution is -2.30. The van der Waals surface area contributed by atoms with Gasteiger partial charge in [0, 0.05) is 6.54 Å². The average Bonchev–Trinajstić information content (AvgIpc) is 2.32. The van der Waals surface area contributed by atoms with E-state index in [4.69, 9.17) is 10.2 Å². The Kier molecular flexibility index (Phi) is 4.98. The lowest BCUT2D eigenvalue weighted by molar-refractivity contribution is -0.146. The van der Waals surface area contributed by atoms with Crippen LogP contribution in [0.15, 0.2) is 23.1 Å². The van der Waals surface area contributed by atoms with Crippen molar-refractivity contribution in [3.8, 4) is 0 Å². The fourth-order valence-corrected chi connectivity index (χ4v) is 2.34. The van der Waals surface area contributed by atoms with Gasteiger partial charge in [-0.2, -0.15) is 0 Å². The minimum atomic E-state index is -3.91. The number of rotatable bonds is 6. The van der Waals surface area contributed by atoms with Crippen molar-refractivity contribution in [1.29, 1.82) is 0 Å². The summed E-state index contributed by atoms with van der Waals surface area (Å²) in [6, 6.07) is 3.45. The second kappa shape index (κ2) is 6.09. The molecule has 6 nitrogen and oxygen atoms in total. The van der Waals surface area contributed by atoms with Gasteiger partial charge in [0.15, 0.2) is 6.10 Å². The number of sulfonamides is 1. The zero-order valence-electron chi connectivity index (χ0n) is 10.1. The minimum Gasteiger partial charge on any atom is -0.479 e. The van der Waals surface area contributed by atoms with E-state index in [2.05, 4.69) is 4.72 Å². The average molecular weight is 291 g/mol. The van der Waals surface area contributed by atoms with Gasteiger partial charge in [-0.05, 0) is 31.0 Å². The maximum Gasteiger partial charge on any atom is 0.332 e. The van der Waals surface area contributed by atoms with Crippen LogP contribution in [0.4, 0.5) is 4.39 Å². The molecular formula is C11H14FNO5S. The van der Waals surface area contributed by atoms with Crippen LogP contribution in [0.1, 0.15) is 12.0 Å². The number of nitrogens with one attached hydrogen (secondary N) is 1. The van der Waals surface area contributed by atoms with Crippen LogP contribution in [-0.4, -0.2) is 37.2 Å². The maximum atomic E-state index is 13.3. The number of aliphatic hydroxyl groups is 1. The molecule has 0 spiro atoms. The summed E-state index contributed by atoms with van der Waals surface area (Å²) in [7, 11) is -3.91. The van der Waals surface area contributed by atoms with Crippen molar-refractivity contribution in [3.05, 3.63) is 29.6 Å². The molecule has 1 unspecified atom stereocenters. The first-order chi connectivity index (χ1) is 8.74. The molecule has 0 amide bonds. The molecule has 8 heteroatoms. The molecule has 0 aliphatic carbocycles.